The number of allylic oxidation sites excluding steroid dienone is 3. The van der Waals surface area contributed by atoms with E-state index >= 15 is 0 Å². The second-order valence-corrected chi connectivity index (χ2v) is 6.68. The molecule has 0 bridgehead atoms. The second kappa shape index (κ2) is 6.88. The summed E-state index contributed by atoms with van der Waals surface area (Å²) < 4.78 is 16.8. The van der Waals surface area contributed by atoms with Crippen LogP contribution in [0.1, 0.15) is 41.8 Å². The number of rotatable bonds is 3. The van der Waals surface area contributed by atoms with Gasteiger partial charge < -0.3 is 19.9 Å². The molecule has 4 rings (SSSR count). The molecule has 1 aliphatic heterocycles. The molecule has 0 fully saturated rings. The van der Waals surface area contributed by atoms with Gasteiger partial charge in [0, 0.05) is 17.2 Å². The van der Waals surface area contributed by atoms with Crippen molar-refractivity contribution in [3.63, 3.8) is 0 Å². The number of nitrogens with two attached hydrogens (primary N) is 1. The lowest BCUT2D eigenvalue weighted by Crippen LogP contribution is -2.04. The van der Waals surface area contributed by atoms with Crippen molar-refractivity contribution in [2.45, 2.75) is 20.8 Å². The van der Waals surface area contributed by atoms with Gasteiger partial charge in [-0.3, -0.25) is 0 Å². The smallest absolute Gasteiger partial charge is 0.231 e. The number of hydrogen-bond donors (Lipinski definition) is 1. The Kier molecular flexibility index (Phi) is 4.37. The Hall–Kier alpha value is -3.97. The van der Waals surface area contributed by atoms with Gasteiger partial charge in [-0.1, -0.05) is 0 Å². The van der Waals surface area contributed by atoms with Crippen molar-refractivity contribution < 1.29 is 14.2 Å². The zero-order valence-electron chi connectivity index (χ0n) is 16.3. The molecule has 29 heavy (non-hydrogen) atoms. The summed E-state index contributed by atoms with van der Waals surface area (Å²) in [5, 5.41) is 19.2. The molecule has 0 atom stereocenters. The Morgan fingerprint density at radius 3 is 2.59 bits per heavy atom. The Morgan fingerprint density at radius 2 is 1.93 bits per heavy atom. The average molecular weight is 386 g/mol. The highest BCUT2D eigenvalue weighted by atomic mass is 16.7. The van der Waals surface area contributed by atoms with Crippen LogP contribution in [0.3, 0.4) is 0 Å². The standard InChI is InChI=1S/C22H18N4O3/c1-4-27-17-7-19-18(28-10-29-19)6-13(17)5-14-11(2)15(8-23)21-20(14)12(3)16(9-24)22(25)26-21/h5-7H,4,10H2,1-3H3,(H2,25,26). The van der Waals surface area contributed by atoms with Crippen LogP contribution in [0.25, 0.3) is 17.2 Å². The summed E-state index contributed by atoms with van der Waals surface area (Å²) in [7, 11) is 0. The number of benzene rings is 1. The molecule has 2 N–H and O–H groups in total. The molecule has 1 aromatic carbocycles. The van der Waals surface area contributed by atoms with Crippen molar-refractivity contribution in [2.75, 3.05) is 19.1 Å². The van der Waals surface area contributed by atoms with Gasteiger partial charge in [0.15, 0.2) is 11.5 Å². The van der Waals surface area contributed by atoms with Crippen LogP contribution >= 0.6 is 0 Å². The summed E-state index contributed by atoms with van der Waals surface area (Å²) in [6.45, 7) is 6.23. The third kappa shape index (κ3) is 2.76. The number of anilines is 1. The highest BCUT2D eigenvalue weighted by Gasteiger charge is 2.30. The van der Waals surface area contributed by atoms with E-state index in [4.69, 9.17) is 19.9 Å². The van der Waals surface area contributed by atoms with Gasteiger partial charge in [-0.05, 0) is 49.6 Å². The van der Waals surface area contributed by atoms with Gasteiger partial charge in [-0.25, -0.2) is 4.98 Å². The zero-order valence-corrected chi connectivity index (χ0v) is 16.3. The van der Waals surface area contributed by atoms with E-state index in [0.29, 0.717) is 46.2 Å². The van der Waals surface area contributed by atoms with Crippen molar-refractivity contribution in [1.29, 1.82) is 10.5 Å². The monoisotopic (exact) mass is 386 g/mol. The summed E-state index contributed by atoms with van der Waals surface area (Å²) in [4.78, 5) is 4.35. The highest BCUT2D eigenvalue weighted by Crippen LogP contribution is 2.46. The molecule has 0 saturated heterocycles. The van der Waals surface area contributed by atoms with Crippen molar-refractivity contribution >= 4 is 23.0 Å². The van der Waals surface area contributed by atoms with Crippen LogP contribution in [0.2, 0.25) is 0 Å². The Labute approximate surface area is 168 Å². The van der Waals surface area contributed by atoms with Crippen molar-refractivity contribution in [3.05, 3.63) is 45.7 Å². The molecule has 2 aliphatic rings. The predicted octanol–water partition coefficient (Wildman–Crippen LogP) is 3.82. The van der Waals surface area contributed by atoms with Crippen LogP contribution in [-0.2, 0) is 0 Å². The van der Waals surface area contributed by atoms with Crippen LogP contribution in [-0.4, -0.2) is 18.4 Å². The predicted molar refractivity (Wildman–Crippen MR) is 108 cm³/mol. The maximum Gasteiger partial charge on any atom is 0.231 e. The van der Waals surface area contributed by atoms with Crippen molar-refractivity contribution in [3.8, 4) is 29.4 Å². The Balaban J connectivity index is 1.98. The molecule has 0 spiro atoms. The first-order valence-electron chi connectivity index (χ1n) is 9.10. The molecule has 2 heterocycles. The quantitative estimate of drug-likeness (QED) is 0.852. The molecule has 0 amide bonds. The maximum atomic E-state index is 9.70. The Bertz CT molecular complexity index is 1200. The molecule has 0 saturated carbocycles. The van der Waals surface area contributed by atoms with E-state index in [1.807, 2.05) is 32.9 Å². The van der Waals surface area contributed by atoms with Crippen molar-refractivity contribution in [2.24, 2.45) is 0 Å². The van der Waals surface area contributed by atoms with E-state index in [1.165, 1.54) is 0 Å². The van der Waals surface area contributed by atoms with E-state index < -0.39 is 0 Å². The minimum atomic E-state index is 0.128. The lowest BCUT2D eigenvalue weighted by molar-refractivity contribution is 0.174. The van der Waals surface area contributed by atoms with E-state index in [9.17, 15) is 10.5 Å². The summed E-state index contributed by atoms with van der Waals surface area (Å²) in [6.07, 6.45) is 1.93. The third-order valence-corrected chi connectivity index (χ3v) is 5.09. The first-order chi connectivity index (χ1) is 14.0. The molecule has 7 nitrogen and oxygen atoms in total. The fourth-order valence-electron chi connectivity index (χ4n) is 3.68. The van der Waals surface area contributed by atoms with Crippen molar-refractivity contribution in [1.82, 2.24) is 4.98 Å². The molecular formula is C22H18N4O3. The normalized spacial score (nSPS) is 15.3. The fraction of sp³-hybridized carbons (Fsp3) is 0.227. The molecule has 144 valence electrons. The van der Waals surface area contributed by atoms with Crippen LogP contribution in [0, 0.1) is 29.6 Å². The van der Waals surface area contributed by atoms with E-state index in [1.54, 1.807) is 6.07 Å². The van der Waals surface area contributed by atoms with Gasteiger partial charge in [0.25, 0.3) is 0 Å². The number of pyridine rings is 1. The first-order valence-corrected chi connectivity index (χ1v) is 9.10. The molecule has 2 aromatic rings. The SMILES string of the molecule is CCOc1cc2c(cc1C=C1C(C)=C(C#N)c3nc(N)c(C#N)c(C)c31)OCO2. The second-order valence-electron chi connectivity index (χ2n) is 6.68. The van der Waals surface area contributed by atoms with E-state index in [-0.39, 0.29) is 12.6 Å². The van der Waals surface area contributed by atoms with Crippen LogP contribution < -0.4 is 19.9 Å². The lowest BCUT2D eigenvalue weighted by atomic mass is 9.95. The Morgan fingerprint density at radius 1 is 1.21 bits per heavy atom. The van der Waals surface area contributed by atoms with Gasteiger partial charge in [0.1, 0.15) is 23.7 Å². The summed E-state index contributed by atoms with van der Waals surface area (Å²) in [5.41, 5.74) is 11.0. The van der Waals surface area contributed by atoms with Gasteiger partial charge in [0.2, 0.25) is 6.79 Å². The maximum absolute atomic E-state index is 9.70. The highest BCUT2D eigenvalue weighted by molar-refractivity contribution is 6.09. The summed E-state index contributed by atoms with van der Waals surface area (Å²) in [5.74, 6) is 2.03. The molecule has 1 aromatic heterocycles. The minimum absolute atomic E-state index is 0.128. The number of aromatic nitrogens is 1. The van der Waals surface area contributed by atoms with E-state index in [0.717, 1.165) is 22.3 Å². The van der Waals surface area contributed by atoms with Crippen LogP contribution in [0.5, 0.6) is 17.2 Å². The van der Waals surface area contributed by atoms with Gasteiger partial charge in [-0.2, -0.15) is 10.5 Å². The number of nitriles is 2. The van der Waals surface area contributed by atoms with Crippen LogP contribution in [0.15, 0.2) is 17.7 Å². The molecule has 7 heteroatoms. The molecular weight excluding hydrogens is 368 g/mol. The minimum Gasteiger partial charge on any atom is -0.493 e. The van der Waals surface area contributed by atoms with Gasteiger partial charge >= 0.3 is 0 Å². The molecule has 0 radical (unpaired) electrons. The van der Waals surface area contributed by atoms with Gasteiger partial charge in [0.05, 0.1) is 23.4 Å². The van der Waals surface area contributed by atoms with Gasteiger partial charge in [-0.15, -0.1) is 0 Å². The number of nitrogens with zero attached hydrogens (tertiary/aromatic N) is 3. The summed E-state index contributed by atoms with van der Waals surface area (Å²) >= 11 is 0. The fourth-order valence-corrected chi connectivity index (χ4v) is 3.68. The number of fused-ring (bicyclic) bond motifs is 2. The zero-order chi connectivity index (χ0) is 20.7. The topological polar surface area (TPSA) is 114 Å². The summed E-state index contributed by atoms with van der Waals surface area (Å²) in [6, 6.07) is 7.98. The van der Waals surface area contributed by atoms with Crippen LogP contribution in [0.4, 0.5) is 5.82 Å². The largest absolute Gasteiger partial charge is 0.493 e. The number of nitrogen functional groups attached to an aromatic ring is 1. The van der Waals surface area contributed by atoms with E-state index in [2.05, 4.69) is 17.1 Å². The molecule has 1 aliphatic carbocycles. The number of hydrogen-bond acceptors (Lipinski definition) is 7. The number of ether oxygens (including phenoxy) is 3. The first kappa shape index (κ1) is 18.4. The third-order valence-electron chi connectivity index (χ3n) is 5.09. The lowest BCUT2D eigenvalue weighted by Gasteiger charge is -2.13. The average Bonchev–Trinajstić information content (AvgIpc) is 3.24. The molecule has 0 unspecified atom stereocenters.